The second-order valence-corrected chi connectivity index (χ2v) is 8.25. The van der Waals surface area contributed by atoms with Crippen LogP contribution in [0, 0.1) is 0 Å². The fourth-order valence-corrected chi connectivity index (χ4v) is 5.12. The standard InChI is InChI=1S/C11H18N2O3S2/c1-8-6-13(7-9(2)17-8)18(14,15)11-4-3-10(5-12)16-11/h3-4,8-9H,5-7,12H2,1-2H3. The third kappa shape index (κ3) is 2.74. The van der Waals surface area contributed by atoms with Crippen LogP contribution < -0.4 is 5.73 Å². The summed E-state index contributed by atoms with van der Waals surface area (Å²) < 4.78 is 31.5. The van der Waals surface area contributed by atoms with Crippen molar-refractivity contribution in [2.75, 3.05) is 13.1 Å². The number of rotatable bonds is 3. The van der Waals surface area contributed by atoms with Crippen LogP contribution in [-0.2, 0) is 16.6 Å². The minimum atomic E-state index is -3.52. The Hall–Kier alpha value is -0.500. The van der Waals surface area contributed by atoms with Crippen LogP contribution >= 0.6 is 11.8 Å². The van der Waals surface area contributed by atoms with Crippen LogP contribution in [0.5, 0.6) is 0 Å². The van der Waals surface area contributed by atoms with Crippen molar-refractivity contribution in [3.63, 3.8) is 0 Å². The van der Waals surface area contributed by atoms with Gasteiger partial charge in [0.1, 0.15) is 5.76 Å². The van der Waals surface area contributed by atoms with Crippen molar-refractivity contribution in [3.05, 3.63) is 17.9 Å². The van der Waals surface area contributed by atoms with Gasteiger partial charge in [-0.05, 0) is 12.1 Å². The second kappa shape index (κ2) is 5.24. The first kappa shape index (κ1) is 13.9. The van der Waals surface area contributed by atoms with Crippen LogP contribution in [0.3, 0.4) is 0 Å². The third-order valence-electron chi connectivity index (χ3n) is 2.82. The molecule has 0 saturated carbocycles. The van der Waals surface area contributed by atoms with E-state index in [9.17, 15) is 8.42 Å². The van der Waals surface area contributed by atoms with E-state index in [-0.39, 0.29) is 11.6 Å². The maximum atomic E-state index is 12.4. The summed E-state index contributed by atoms with van der Waals surface area (Å²) in [4.78, 5) is 0. The second-order valence-electron chi connectivity index (χ2n) is 4.50. The van der Waals surface area contributed by atoms with Crippen molar-refractivity contribution in [1.82, 2.24) is 4.31 Å². The average molecular weight is 290 g/mol. The summed E-state index contributed by atoms with van der Waals surface area (Å²) in [5.74, 6) is 0.487. The number of nitrogens with two attached hydrogens (primary N) is 1. The van der Waals surface area contributed by atoms with Gasteiger partial charge < -0.3 is 10.2 Å². The first-order chi connectivity index (χ1) is 8.43. The average Bonchev–Trinajstić information content (AvgIpc) is 2.76. The van der Waals surface area contributed by atoms with Crippen molar-refractivity contribution < 1.29 is 12.8 Å². The fourth-order valence-electron chi connectivity index (χ4n) is 2.06. The Labute approximate surface area is 112 Å². The molecular formula is C11H18N2O3S2. The highest BCUT2D eigenvalue weighted by Crippen LogP contribution is 2.29. The van der Waals surface area contributed by atoms with Crippen molar-refractivity contribution in [2.24, 2.45) is 5.73 Å². The van der Waals surface area contributed by atoms with Crippen molar-refractivity contribution in [3.8, 4) is 0 Å². The van der Waals surface area contributed by atoms with Crippen molar-refractivity contribution in [1.29, 1.82) is 0 Å². The number of hydrogen-bond acceptors (Lipinski definition) is 5. The van der Waals surface area contributed by atoms with E-state index in [0.717, 1.165) is 0 Å². The van der Waals surface area contributed by atoms with Gasteiger partial charge in [-0.1, -0.05) is 13.8 Å². The quantitative estimate of drug-likeness (QED) is 0.906. The molecule has 2 rings (SSSR count). The lowest BCUT2D eigenvalue weighted by Gasteiger charge is -2.32. The van der Waals surface area contributed by atoms with E-state index < -0.39 is 10.0 Å². The fraction of sp³-hybridized carbons (Fsp3) is 0.636. The smallest absolute Gasteiger partial charge is 0.276 e. The molecule has 2 N–H and O–H groups in total. The number of furan rings is 1. The molecule has 2 heterocycles. The van der Waals surface area contributed by atoms with Gasteiger partial charge in [-0.2, -0.15) is 16.1 Å². The Morgan fingerprint density at radius 3 is 2.50 bits per heavy atom. The van der Waals surface area contributed by atoms with Crippen LogP contribution in [0.2, 0.25) is 0 Å². The lowest BCUT2D eigenvalue weighted by molar-refractivity contribution is 0.364. The van der Waals surface area contributed by atoms with Crippen LogP contribution in [0.4, 0.5) is 0 Å². The van der Waals surface area contributed by atoms with Gasteiger partial charge in [0.25, 0.3) is 10.0 Å². The number of thioether (sulfide) groups is 1. The predicted molar refractivity (Wildman–Crippen MR) is 71.9 cm³/mol. The molecule has 1 aromatic heterocycles. The van der Waals surface area contributed by atoms with Crippen LogP contribution in [-0.4, -0.2) is 36.3 Å². The lowest BCUT2D eigenvalue weighted by atomic mass is 10.4. The molecule has 1 saturated heterocycles. The summed E-state index contributed by atoms with van der Waals surface area (Å²) >= 11 is 1.81. The summed E-state index contributed by atoms with van der Waals surface area (Å²) in [5, 5.41) is 0.592. The van der Waals surface area contributed by atoms with Crippen LogP contribution in [0.1, 0.15) is 19.6 Å². The molecular weight excluding hydrogens is 272 g/mol. The Morgan fingerprint density at radius 1 is 1.39 bits per heavy atom. The molecule has 0 amide bonds. The van der Waals surface area contributed by atoms with Gasteiger partial charge in [-0.15, -0.1) is 0 Å². The molecule has 5 nitrogen and oxygen atoms in total. The van der Waals surface area contributed by atoms with Crippen molar-refractivity contribution in [2.45, 2.75) is 36.0 Å². The van der Waals surface area contributed by atoms with E-state index in [0.29, 0.717) is 29.3 Å². The maximum absolute atomic E-state index is 12.4. The minimum absolute atomic E-state index is 0.00532. The van der Waals surface area contributed by atoms with E-state index in [1.54, 1.807) is 6.07 Å². The molecule has 1 aliphatic heterocycles. The number of hydrogen-bond donors (Lipinski definition) is 1. The predicted octanol–water partition coefficient (Wildman–Crippen LogP) is 1.25. The molecule has 2 atom stereocenters. The van der Waals surface area contributed by atoms with Gasteiger partial charge in [0, 0.05) is 23.6 Å². The zero-order valence-corrected chi connectivity index (χ0v) is 12.1. The zero-order chi connectivity index (χ0) is 13.3. The highest BCUT2D eigenvalue weighted by atomic mass is 32.2. The monoisotopic (exact) mass is 290 g/mol. The molecule has 0 aliphatic carbocycles. The minimum Gasteiger partial charge on any atom is -0.447 e. The molecule has 7 heteroatoms. The molecule has 18 heavy (non-hydrogen) atoms. The van der Waals surface area contributed by atoms with Crippen LogP contribution in [0.25, 0.3) is 0 Å². The highest BCUT2D eigenvalue weighted by molar-refractivity contribution is 8.00. The first-order valence-corrected chi connectivity index (χ1v) is 8.26. The molecule has 1 aromatic rings. The summed E-state index contributed by atoms with van der Waals surface area (Å²) in [6.45, 7) is 5.33. The van der Waals surface area contributed by atoms with Gasteiger partial charge in [0.05, 0.1) is 6.54 Å². The zero-order valence-electron chi connectivity index (χ0n) is 10.5. The van der Waals surface area contributed by atoms with Gasteiger partial charge in [-0.25, -0.2) is 8.42 Å². The number of nitrogens with zero attached hydrogens (tertiary/aromatic N) is 1. The molecule has 0 bridgehead atoms. The maximum Gasteiger partial charge on any atom is 0.276 e. The van der Waals surface area contributed by atoms with Gasteiger partial charge in [0.15, 0.2) is 0 Å². The van der Waals surface area contributed by atoms with Gasteiger partial charge >= 0.3 is 0 Å². The normalized spacial score (nSPS) is 26.4. The molecule has 102 valence electrons. The van der Waals surface area contributed by atoms with E-state index in [4.69, 9.17) is 10.2 Å². The van der Waals surface area contributed by atoms with E-state index in [1.165, 1.54) is 10.4 Å². The Bertz CT molecular complexity index is 502. The van der Waals surface area contributed by atoms with E-state index >= 15 is 0 Å². The third-order valence-corrected chi connectivity index (χ3v) is 5.75. The Kier molecular flexibility index (Phi) is 4.05. The highest BCUT2D eigenvalue weighted by Gasteiger charge is 2.33. The van der Waals surface area contributed by atoms with E-state index in [1.807, 2.05) is 25.6 Å². The molecule has 0 aromatic carbocycles. The molecule has 1 fully saturated rings. The summed E-state index contributed by atoms with van der Waals surface area (Å²) in [5.41, 5.74) is 5.42. The lowest BCUT2D eigenvalue weighted by Crippen LogP contribution is -2.43. The SMILES string of the molecule is CC1CN(S(=O)(=O)c2ccc(CN)o2)CC(C)S1. The molecule has 1 aliphatic rings. The van der Waals surface area contributed by atoms with Crippen molar-refractivity contribution >= 4 is 21.8 Å². The molecule has 2 unspecified atom stereocenters. The molecule has 0 radical (unpaired) electrons. The largest absolute Gasteiger partial charge is 0.447 e. The van der Waals surface area contributed by atoms with Gasteiger partial charge in [0.2, 0.25) is 5.09 Å². The molecule has 0 spiro atoms. The number of sulfonamides is 1. The first-order valence-electron chi connectivity index (χ1n) is 5.88. The topological polar surface area (TPSA) is 76.5 Å². The van der Waals surface area contributed by atoms with E-state index in [2.05, 4.69) is 0 Å². The van der Waals surface area contributed by atoms with Crippen LogP contribution in [0.15, 0.2) is 21.6 Å². The van der Waals surface area contributed by atoms with Gasteiger partial charge in [-0.3, -0.25) is 0 Å². The summed E-state index contributed by atoms with van der Waals surface area (Å²) in [6, 6.07) is 3.09. The Morgan fingerprint density at radius 2 is 2.00 bits per heavy atom. The Balaban J connectivity index is 2.25. The summed E-state index contributed by atoms with van der Waals surface area (Å²) in [6.07, 6.45) is 0. The summed E-state index contributed by atoms with van der Waals surface area (Å²) in [7, 11) is -3.52.